The Hall–Kier alpha value is -5.06. The molecule has 0 saturated heterocycles. The van der Waals surface area contributed by atoms with Gasteiger partial charge in [-0.05, 0) is 120 Å². The highest BCUT2D eigenvalue weighted by Gasteiger charge is 2.24. The average Bonchev–Trinajstić information content (AvgIpc) is 3.08. The van der Waals surface area contributed by atoms with Gasteiger partial charge in [0, 0.05) is 43.7 Å². The number of hydrogen-bond acceptors (Lipinski definition) is 2. The van der Waals surface area contributed by atoms with Crippen LogP contribution in [0.2, 0.25) is 0 Å². The highest BCUT2D eigenvalue weighted by molar-refractivity contribution is 9.10. The second-order valence-corrected chi connectivity index (χ2v) is 13.8. The van der Waals surface area contributed by atoms with Crippen molar-refractivity contribution in [2.45, 2.75) is 27.7 Å². The SMILES string of the molecule is [B]c1cc2ccc3cc(Br)c(N(c4ccc(C)cc4)c4ccc(C)cc4)c4ccc(c1N(c1ccc(C)cc1)c1ccc(C)cc1)c2c34. The van der Waals surface area contributed by atoms with Crippen molar-refractivity contribution in [2.75, 3.05) is 9.80 Å². The Morgan fingerprint density at radius 2 is 0.750 bits per heavy atom. The van der Waals surface area contributed by atoms with Crippen LogP contribution < -0.4 is 15.3 Å². The summed E-state index contributed by atoms with van der Waals surface area (Å²) in [5.74, 6) is 0. The van der Waals surface area contributed by atoms with E-state index in [1.54, 1.807) is 0 Å². The summed E-state index contributed by atoms with van der Waals surface area (Å²) in [5.41, 5.74) is 12.1. The molecule has 8 rings (SSSR count). The van der Waals surface area contributed by atoms with Crippen molar-refractivity contribution in [3.05, 3.63) is 160 Å². The standard InChI is InChI=1S/C44H34BBrN2/c1-27-5-15-33(16-6-27)47(34-17-7-28(2)8-18-34)43-37-23-24-38-42-32(14-13-31(41(37)42)25-39(43)45)26-40(46)44(38)48(35-19-9-29(3)10-20-35)36-21-11-30(4)12-22-36/h5-26H,1-4H3. The van der Waals surface area contributed by atoms with E-state index in [-0.39, 0.29) is 0 Å². The van der Waals surface area contributed by atoms with E-state index in [1.807, 2.05) is 0 Å². The van der Waals surface area contributed by atoms with E-state index in [9.17, 15) is 0 Å². The van der Waals surface area contributed by atoms with Gasteiger partial charge in [-0.15, -0.1) is 0 Å². The van der Waals surface area contributed by atoms with Crippen LogP contribution in [0.1, 0.15) is 22.3 Å². The largest absolute Gasteiger partial charge is 0.310 e. The van der Waals surface area contributed by atoms with Crippen molar-refractivity contribution in [1.82, 2.24) is 0 Å². The number of rotatable bonds is 6. The van der Waals surface area contributed by atoms with Crippen LogP contribution in [-0.2, 0) is 0 Å². The van der Waals surface area contributed by atoms with Gasteiger partial charge in [-0.2, -0.15) is 0 Å². The van der Waals surface area contributed by atoms with E-state index in [0.29, 0.717) is 0 Å². The second-order valence-electron chi connectivity index (χ2n) is 13.0. The Balaban J connectivity index is 1.45. The summed E-state index contributed by atoms with van der Waals surface area (Å²) in [6.07, 6.45) is 0. The van der Waals surface area contributed by atoms with Crippen molar-refractivity contribution in [3.8, 4) is 0 Å². The fourth-order valence-corrected chi connectivity index (χ4v) is 7.61. The molecule has 0 aromatic heterocycles. The van der Waals surface area contributed by atoms with Gasteiger partial charge < -0.3 is 9.80 Å². The molecule has 0 saturated carbocycles. The molecule has 8 aromatic carbocycles. The molecule has 0 amide bonds. The Kier molecular flexibility index (Phi) is 7.49. The fourth-order valence-electron chi connectivity index (χ4n) is 6.98. The molecule has 2 nitrogen and oxygen atoms in total. The molecule has 0 bridgehead atoms. The van der Waals surface area contributed by atoms with Crippen molar-refractivity contribution >= 4 is 95.7 Å². The number of halogens is 1. The number of benzene rings is 8. The summed E-state index contributed by atoms with van der Waals surface area (Å²) in [5, 5.41) is 7.03. The zero-order valence-electron chi connectivity index (χ0n) is 27.6. The van der Waals surface area contributed by atoms with Crippen molar-refractivity contribution in [2.24, 2.45) is 0 Å². The molecule has 4 heteroatoms. The minimum atomic E-state index is 0.740. The third-order valence-electron chi connectivity index (χ3n) is 9.44. The molecule has 48 heavy (non-hydrogen) atoms. The molecule has 0 aliphatic heterocycles. The van der Waals surface area contributed by atoms with Crippen LogP contribution in [-0.4, -0.2) is 7.85 Å². The van der Waals surface area contributed by atoms with Crippen LogP contribution in [0.4, 0.5) is 34.1 Å². The highest BCUT2D eigenvalue weighted by atomic mass is 79.9. The van der Waals surface area contributed by atoms with Gasteiger partial charge in [-0.25, -0.2) is 0 Å². The smallest absolute Gasteiger partial charge is 0.116 e. The van der Waals surface area contributed by atoms with Gasteiger partial charge in [0.05, 0.1) is 5.69 Å². The van der Waals surface area contributed by atoms with E-state index >= 15 is 0 Å². The monoisotopic (exact) mass is 680 g/mol. The average molecular weight is 681 g/mol. The predicted octanol–water partition coefficient (Wildman–Crippen LogP) is 12.3. The van der Waals surface area contributed by atoms with Gasteiger partial charge in [0.25, 0.3) is 0 Å². The molecular weight excluding hydrogens is 647 g/mol. The van der Waals surface area contributed by atoms with Crippen LogP contribution in [0, 0.1) is 27.7 Å². The second kappa shape index (κ2) is 11.9. The minimum Gasteiger partial charge on any atom is -0.310 e. The zero-order valence-corrected chi connectivity index (χ0v) is 29.1. The first-order valence-electron chi connectivity index (χ1n) is 16.3. The normalized spacial score (nSPS) is 11.5. The van der Waals surface area contributed by atoms with Crippen LogP contribution >= 0.6 is 15.9 Å². The van der Waals surface area contributed by atoms with Crippen molar-refractivity contribution in [1.29, 1.82) is 0 Å². The first kappa shape index (κ1) is 30.3. The van der Waals surface area contributed by atoms with E-state index < -0.39 is 0 Å². The molecule has 0 fully saturated rings. The molecule has 2 radical (unpaired) electrons. The van der Waals surface area contributed by atoms with Crippen molar-refractivity contribution in [3.63, 3.8) is 0 Å². The predicted molar refractivity (Wildman–Crippen MR) is 212 cm³/mol. The molecule has 230 valence electrons. The third kappa shape index (κ3) is 5.12. The van der Waals surface area contributed by atoms with E-state index in [2.05, 4.69) is 187 Å². The highest BCUT2D eigenvalue weighted by Crippen LogP contribution is 2.49. The van der Waals surface area contributed by atoms with Gasteiger partial charge >= 0.3 is 0 Å². The Bertz CT molecular complexity index is 2170. The van der Waals surface area contributed by atoms with E-state index in [0.717, 1.165) is 54.8 Å². The van der Waals surface area contributed by atoms with Crippen LogP contribution in [0.3, 0.4) is 0 Å². The topological polar surface area (TPSA) is 6.48 Å². The van der Waals surface area contributed by atoms with Crippen LogP contribution in [0.15, 0.2) is 138 Å². The van der Waals surface area contributed by atoms with E-state index in [4.69, 9.17) is 7.85 Å². The molecule has 8 aromatic rings. The molecule has 0 atom stereocenters. The Labute approximate surface area is 292 Å². The molecule has 0 heterocycles. The first-order chi connectivity index (χ1) is 23.3. The van der Waals surface area contributed by atoms with Gasteiger partial charge in [-0.3, -0.25) is 0 Å². The zero-order chi connectivity index (χ0) is 33.1. The van der Waals surface area contributed by atoms with Gasteiger partial charge in [-0.1, -0.05) is 107 Å². The lowest BCUT2D eigenvalue weighted by Gasteiger charge is -2.31. The lowest BCUT2D eigenvalue weighted by Crippen LogP contribution is -2.20. The molecule has 0 aliphatic rings. The van der Waals surface area contributed by atoms with E-state index in [1.165, 1.54) is 43.8 Å². The lowest BCUT2D eigenvalue weighted by atomic mass is 9.84. The maximum Gasteiger partial charge on any atom is 0.116 e. The molecular formula is C44H34BBrN2. The molecule has 0 N–H and O–H groups in total. The maximum absolute atomic E-state index is 7.05. The lowest BCUT2D eigenvalue weighted by molar-refractivity contribution is 1.27. The molecule has 0 aliphatic carbocycles. The van der Waals surface area contributed by atoms with Crippen molar-refractivity contribution < 1.29 is 0 Å². The number of hydrogen-bond donors (Lipinski definition) is 0. The molecule has 0 spiro atoms. The summed E-state index contributed by atoms with van der Waals surface area (Å²) in [6, 6.07) is 48.3. The summed E-state index contributed by atoms with van der Waals surface area (Å²) in [6.45, 7) is 8.51. The Morgan fingerprint density at radius 1 is 0.417 bits per heavy atom. The quantitative estimate of drug-likeness (QED) is 0.127. The minimum absolute atomic E-state index is 0.740. The third-order valence-corrected chi connectivity index (χ3v) is 10.0. The number of anilines is 6. The first-order valence-corrected chi connectivity index (χ1v) is 17.1. The maximum atomic E-state index is 7.05. The fraction of sp³-hybridized carbons (Fsp3) is 0.0909. The summed E-state index contributed by atoms with van der Waals surface area (Å²) in [4.78, 5) is 4.68. The number of aryl methyl sites for hydroxylation is 4. The van der Waals surface area contributed by atoms with Crippen LogP contribution in [0.25, 0.3) is 32.3 Å². The van der Waals surface area contributed by atoms with Crippen LogP contribution in [0.5, 0.6) is 0 Å². The summed E-state index contributed by atoms with van der Waals surface area (Å²) in [7, 11) is 7.05. The number of nitrogens with zero attached hydrogens (tertiary/aromatic N) is 2. The van der Waals surface area contributed by atoms with Gasteiger partial charge in [0.2, 0.25) is 0 Å². The molecule has 0 unspecified atom stereocenters. The van der Waals surface area contributed by atoms with Gasteiger partial charge in [0.15, 0.2) is 0 Å². The summed E-state index contributed by atoms with van der Waals surface area (Å²) >= 11 is 4.04. The summed E-state index contributed by atoms with van der Waals surface area (Å²) < 4.78 is 1.04. The van der Waals surface area contributed by atoms with Gasteiger partial charge in [0.1, 0.15) is 7.85 Å². The Morgan fingerprint density at radius 3 is 1.15 bits per heavy atom.